The van der Waals surface area contributed by atoms with E-state index in [9.17, 15) is 9.18 Å². The van der Waals surface area contributed by atoms with Crippen LogP contribution in [0.4, 0.5) is 16.0 Å². The molecule has 27 heavy (non-hydrogen) atoms. The zero-order valence-corrected chi connectivity index (χ0v) is 15.5. The number of halogens is 2. The van der Waals surface area contributed by atoms with E-state index < -0.39 is 5.82 Å². The molecule has 4 aromatic rings. The summed E-state index contributed by atoms with van der Waals surface area (Å²) in [5.41, 5.74) is 1.72. The first-order valence-corrected chi connectivity index (χ1v) is 9.01. The quantitative estimate of drug-likeness (QED) is 0.496. The number of anilines is 2. The molecule has 3 aromatic heterocycles. The number of hydrogen-bond donors (Lipinski definition) is 1. The number of carbonyl (C=O) groups is 1. The molecule has 1 N–H and O–H groups in total. The molecule has 0 atom stereocenters. The Morgan fingerprint density at radius 3 is 2.85 bits per heavy atom. The summed E-state index contributed by atoms with van der Waals surface area (Å²) in [6.07, 6.45) is 3.52. The van der Waals surface area contributed by atoms with E-state index in [-0.39, 0.29) is 10.6 Å². The molecule has 0 aliphatic rings. The van der Waals surface area contributed by atoms with Crippen molar-refractivity contribution in [3.05, 3.63) is 58.9 Å². The number of nitrogens with one attached hydrogen (secondary N) is 1. The summed E-state index contributed by atoms with van der Waals surface area (Å²) in [4.78, 5) is 28.3. The van der Waals surface area contributed by atoms with E-state index in [1.165, 1.54) is 36.0 Å². The summed E-state index contributed by atoms with van der Waals surface area (Å²) in [5.74, 6) is 0.530. The van der Waals surface area contributed by atoms with E-state index >= 15 is 0 Å². The Bertz CT molecular complexity index is 1160. The van der Waals surface area contributed by atoms with Crippen molar-refractivity contribution in [2.45, 2.75) is 6.92 Å². The average Bonchev–Trinajstić information content (AvgIpc) is 3.07. The first-order valence-electron chi connectivity index (χ1n) is 7.81. The van der Waals surface area contributed by atoms with Gasteiger partial charge < -0.3 is 5.32 Å². The molecule has 0 saturated heterocycles. The molecule has 0 radical (unpaired) electrons. The minimum atomic E-state index is -0.483. The lowest BCUT2D eigenvalue weighted by atomic mass is 10.2. The maximum Gasteiger partial charge on any atom is 0.153 e. The van der Waals surface area contributed by atoms with Gasteiger partial charge >= 0.3 is 0 Å². The number of nitrogens with zero attached hydrogens (tertiary/aromatic N) is 4. The van der Waals surface area contributed by atoms with Crippen LogP contribution >= 0.6 is 22.9 Å². The van der Waals surface area contributed by atoms with Crippen LogP contribution in [0.1, 0.15) is 16.1 Å². The molecule has 0 bridgehead atoms. The van der Waals surface area contributed by atoms with Gasteiger partial charge in [0.2, 0.25) is 0 Å². The normalized spacial score (nSPS) is 10.9. The number of hydrogen-bond acceptors (Lipinski definition) is 7. The first kappa shape index (κ1) is 17.4. The van der Waals surface area contributed by atoms with Crippen molar-refractivity contribution in [2.75, 3.05) is 5.32 Å². The minimum absolute atomic E-state index is 0.195. The van der Waals surface area contributed by atoms with Crippen LogP contribution in [0, 0.1) is 12.7 Å². The number of pyridine rings is 1. The van der Waals surface area contributed by atoms with Gasteiger partial charge in [0.1, 0.15) is 23.0 Å². The van der Waals surface area contributed by atoms with Crippen molar-refractivity contribution >= 4 is 51.1 Å². The van der Waals surface area contributed by atoms with E-state index in [1.807, 2.05) is 6.92 Å². The van der Waals surface area contributed by atoms with Crippen molar-refractivity contribution in [3.63, 3.8) is 0 Å². The fourth-order valence-corrected chi connectivity index (χ4v) is 3.97. The Kier molecular flexibility index (Phi) is 4.51. The summed E-state index contributed by atoms with van der Waals surface area (Å²) in [6.45, 7) is 1.84. The minimum Gasteiger partial charge on any atom is -0.324 e. The number of benzene rings is 1. The molecule has 0 aliphatic heterocycles. The van der Waals surface area contributed by atoms with Gasteiger partial charge in [-0.2, -0.15) is 0 Å². The molecule has 0 unspecified atom stereocenters. The average molecular weight is 400 g/mol. The third-order valence-electron chi connectivity index (χ3n) is 3.80. The highest BCUT2D eigenvalue weighted by molar-refractivity contribution is 7.22. The van der Waals surface area contributed by atoms with Crippen LogP contribution in [0.3, 0.4) is 0 Å². The summed E-state index contributed by atoms with van der Waals surface area (Å²) in [7, 11) is 0. The lowest BCUT2D eigenvalue weighted by Crippen LogP contribution is -1.98. The van der Waals surface area contributed by atoms with Crippen molar-refractivity contribution in [3.8, 4) is 10.6 Å². The predicted molar refractivity (Wildman–Crippen MR) is 103 cm³/mol. The van der Waals surface area contributed by atoms with E-state index in [4.69, 9.17) is 11.6 Å². The van der Waals surface area contributed by atoms with Gasteiger partial charge in [-0.15, -0.1) is 11.3 Å². The summed E-state index contributed by atoms with van der Waals surface area (Å²) < 4.78 is 14.9. The molecule has 1 aromatic carbocycles. The molecule has 0 amide bonds. The molecule has 134 valence electrons. The monoisotopic (exact) mass is 399 g/mol. The SMILES string of the molecule is Cc1cc(Nc2ncc(C=O)c3nc(-c4c(F)cccc4Cl)sc23)ncn1. The van der Waals surface area contributed by atoms with E-state index in [2.05, 4.69) is 25.3 Å². The van der Waals surface area contributed by atoms with Crippen molar-refractivity contribution in [2.24, 2.45) is 0 Å². The lowest BCUT2D eigenvalue weighted by molar-refractivity contribution is 0.112. The fraction of sp³-hybridized carbons (Fsp3) is 0.0556. The summed E-state index contributed by atoms with van der Waals surface area (Å²) in [5, 5.41) is 3.71. The highest BCUT2D eigenvalue weighted by atomic mass is 35.5. The van der Waals surface area contributed by atoms with Gasteiger partial charge in [0.25, 0.3) is 0 Å². The van der Waals surface area contributed by atoms with Crippen LogP contribution in [0.25, 0.3) is 20.8 Å². The zero-order chi connectivity index (χ0) is 19.0. The van der Waals surface area contributed by atoms with Gasteiger partial charge in [-0.3, -0.25) is 4.79 Å². The molecule has 0 spiro atoms. The van der Waals surface area contributed by atoms with E-state index in [0.29, 0.717) is 38.7 Å². The van der Waals surface area contributed by atoms with Crippen molar-refractivity contribution in [1.29, 1.82) is 0 Å². The summed E-state index contributed by atoms with van der Waals surface area (Å²) >= 11 is 7.36. The van der Waals surface area contributed by atoms with Gasteiger partial charge in [-0.1, -0.05) is 17.7 Å². The molecule has 0 fully saturated rings. The number of aldehydes is 1. The highest BCUT2D eigenvalue weighted by Crippen LogP contribution is 2.39. The maximum atomic E-state index is 14.3. The molecule has 0 saturated carbocycles. The van der Waals surface area contributed by atoms with Crippen LogP contribution in [0.15, 0.2) is 36.8 Å². The molecular formula is C18H11ClFN5OS. The van der Waals surface area contributed by atoms with Gasteiger partial charge in [0.05, 0.1) is 26.4 Å². The highest BCUT2D eigenvalue weighted by Gasteiger charge is 2.19. The molecule has 4 rings (SSSR count). The summed E-state index contributed by atoms with van der Waals surface area (Å²) in [6, 6.07) is 6.19. The largest absolute Gasteiger partial charge is 0.324 e. The number of fused-ring (bicyclic) bond motifs is 1. The first-order chi connectivity index (χ1) is 13.1. The third kappa shape index (κ3) is 3.24. The Balaban J connectivity index is 1.89. The molecule has 3 heterocycles. The number of thiazole rings is 1. The number of rotatable bonds is 4. The zero-order valence-electron chi connectivity index (χ0n) is 13.9. The maximum absolute atomic E-state index is 14.3. The molecular weight excluding hydrogens is 389 g/mol. The number of aromatic nitrogens is 4. The fourth-order valence-electron chi connectivity index (χ4n) is 2.56. The third-order valence-corrected chi connectivity index (χ3v) is 5.20. The van der Waals surface area contributed by atoms with Gasteiger partial charge in [0.15, 0.2) is 12.1 Å². The van der Waals surface area contributed by atoms with E-state index in [1.54, 1.807) is 12.1 Å². The molecule has 6 nitrogen and oxygen atoms in total. The van der Waals surface area contributed by atoms with Crippen LogP contribution in [-0.4, -0.2) is 26.2 Å². The smallest absolute Gasteiger partial charge is 0.153 e. The second-order valence-corrected chi connectivity index (χ2v) is 7.05. The van der Waals surface area contributed by atoms with Gasteiger partial charge in [-0.05, 0) is 19.1 Å². The van der Waals surface area contributed by atoms with Crippen molar-refractivity contribution in [1.82, 2.24) is 19.9 Å². The van der Waals surface area contributed by atoms with Crippen molar-refractivity contribution < 1.29 is 9.18 Å². The van der Waals surface area contributed by atoms with Crippen LogP contribution in [0.2, 0.25) is 5.02 Å². The number of carbonyl (C=O) groups excluding carboxylic acids is 1. The van der Waals surface area contributed by atoms with Gasteiger partial charge in [-0.25, -0.2) is 24.3 Å². The lowest BCUT2D eigenvalue weighted by Gasteiger charge is -2.06. The molecule has 9 heteroatoms. The topological polar surface area (TPSA) is 80.7 Å². The Morgan fingerprint density at radius 2 is 2.11 bits per heavy atom. The Morgan fingerprint density at radius 1 is 1.26 bits per heavy atom. The Labute approximate surface area is 162 Å². The van der Waals surface area contributed by atoms with Crippen LogP contribution < -0.4 is 5.32 Å². The Hall–Kier alpha value is -2.97. The predicted octanol–water partition coefficient (Wildman–Crippen LogP) is 4.81. The van der Waals surface area contributed by atoms with Crippen LogP contribution in [0.5, 0.6) is 0 Å². The van der Waals surface area contributed by atoms with Crippen LogP contribution in [-0.2, 0) is 0 Å². The number of aryl methyl sites for hydroxylation is 1. The second kappa shape index (κ2) is 6.98. The van der Waals surface area contributed by atoms with Gasteiger partial charge in [0, 0.05) is 18.0 Å². The standard InChI is InChI=1S/C18H11ClFN5OS/c1-9-5-13(23-8-22-9)24-17-16-15(10(7-26)6-21-17)25-18(27-16)14-11(19)3-2-4-12(14)20/h2-8H,1H3,(H,21,22,23,24). The second-order valence-electron chi connectivity index (χ2n) is 5.64. The molecule has 0 aliphatic carbocycles. The van der Waals surface area contributed by atoms with E-state index in [0.717, 1.165) is 5.69 Å².